The van der Waals surface area contributed by atoms with Gasteiger partial charge in [-0.15, -0.1) is 0 Å². The molecule has 1 fully saturated rings. The average molecular weight is 262 g/mol. The quantitative estimate of drug-likeness (QED) is 0.806. The topological polar surface area (TPSA) is 32.9 Å². The summed E-state index contributed by atoms with van der Waals surface area (Å²) >= 11 is 6.00. The molecule has 18 heavy (non-hydrogen) atoms. The highest BCUT2D eigenvalue weighted by molar-refractivity contribution is 6.31. The normalized spacial score (nSPS) is 16.5. The van der Waals surface area contributed by atoms with Crippen molar-refractivity contribution >= 4 is 28.3 Å². The molecule has 1 aromatic heterocycles. The molecule has 0 saturated heterocycles. The smallest absolute Gasteiger partial charge is 0.165 e. The zero-order valence-corrected chi connectivity index (χ0v) is 11.0. The van der Waals surface area contributed by atoms with E-state index in [1.165, 1.54) is 25.7 Å². The summed E-state index contributed by atoms with van der Waals surface area (Å²) < 4.78 is 0. The SMILES string of the molecule is O=C(CC1CCCC1)c1c[nH]c2ccc(Cl)cc12. The summed E-state index contributed by atoms with van der Waals surface area (Å²) in [5.41, 5.74) is 1.77. The van der Waals surface area contributed by atoms with Crippen LogP contribution in [0.25, 0.3) is 10.9 Å². The summed E-state index contributed by atoms with van der Waals surface area (Å²) in [6, 6.07) is 5.63. The van der Waals surface area contributed by atoms with Crippen LogP contribution in [-0.4, -0.2) is 10.8 Å². The van der Waals surface area contributed by atoms with Crippen LogP contribution >= 0.6 is 11.6 Å². The molecule has 1 aliphatic carbocycles. The first kappa shape index (κ1) is 11.8. The van der Waals surface area contributed by atoms with Crippen LogP contribution in [0.4, 0.5) is 0 Å². The van der Waals surface area contributed by atoms with Crippen molar-refractivity contribution in [1.82, 2.24) is 4.98 Å². The first-order valence-electron chi connectivity index (χ1n) is 6.54. The van der Waals surface area contributed by atoms with E-state index in [0.29, 0.717) is 17.4 Å². The summed E-state index contributed by atoms with van der Waals surface area (Å²) in [5.74, 6) is 0.831. The number of hydrogen-bond acceptors (Lipinski definition) is 1. The molecule has 1 aromatic carbocycles. The van der Waals surface area contributed by atoms with Crippen LogP contribution in [0, 0.1) is 5.92 Å². The van der Waals surface area contributed by atoms with E-state index in [0.717, 1.165) is 16.5 Å². The van der Waals surface area contributed by atoms with E-state index in [-0.39, 0.29) is 5.78 Å². The van der Waals surface area contributed by atoms with Gasteiger partial charge in [0.25, 0.3) is 0 Å². The highest BCUT2D eigenvalue weighted by Crippen LogP contribution is 2.30. The summed E-state index contributed by atoms with van der Waals surface area (Å²) in [7, 11) is 0. The fourth-order valence-electron chi connectivity index (χ4n) is 2.91. The number of aromatic amines is 1. The number of carbonyl (C=O) groups is 1. The van der Waals surface area contributed by atoms with Crippen molar-refractivity contribution in [2.45, 2.75) is 32.1 Å². The van der Waals surface area contributed by atoms with Gasteiger partial charge in [-0.1, -0.05) is 37.3 Å². The second-order valence-corrected chi connectivity index (χ2v) is 5.61. The molecule has 2 nitrogen and oxygen atoms in total. The van der Waals surface area contributed by atoms with Crippen LogP contribution in [0.2, 0.25) is 5.02 Å². The van der Waals surface area contributed by atoms with Crippen molar-refractivity contribution in [3.8, 4) is 0 Å². The molecular weight excluding hydrogens is 246 g/mol. The Labute approximate surface area is 111 Å². The van der Waals surface area contributed by atoms with Gasteiger partial charge in [0.1, 0.15) is 0 Å². The maximum atomic E-state index is 12.3. The molecule has 1 saturated carbocycles. The molecule has 0 unspecified atom stereocenters. The molecule has 94 valence electrons. The minimum Gasteiger partial charge on any atom is -0.360 e. The lowest BCUT2D eigenvalue weighted by atomic mass is 9.97. The van der Waals surface area contributed by atoms with E-state index in [9.17, 15) is 4.79 Å². The van der Waals surface area contributed by atoms with Crippen LogP contribution in [0.3, 0.4) is 0 Å². The highest BCUT2D eigenvalue weighted by atomic mass is 35.5. The number of halogens is 1. The molecular formula is C15H16ClNO. The van der Waals surface area contributed by atoms with Gasteiger partial charge < -0.3 is 4.98 Å². The molecule has 3 heteroatoms. The Morgan fingerprint density at radius 1 is 1.33 bits per heavy atom. The van der Waals surface area contributed by atoms with E-state index < -0.39 is 0 Å². The summed E-state index contributed by atoms with van der Waals surface area (Å²) in [6.07, 6.45) is 7.46. The third-order valence-corrected chi connectivity index (χ3v) is 4.13. The molecule has 0 bridgehead atoms. The van der Waals surface area contributed by atoms with Gasteiger partial charge in [-0.05, 0) is 24.1 Å². The minimum absolute atomic E-state index is 0.246. The summed E-state index contributed by atoms with van der Waals surface area (Å²) in [4.78, 5) is 15.5. The third kappa shape index (κ3) is 2.17. The van der Waals surface area contributed by atoms with Gasteiger partial charge in [-0.2, -0.15) is 0 Å². The molecule has 0 atom stereocenters. The Balaban J connectivity index is 1.88. The number of nitrogens with one attached hydrogen (secondary N) is 1. The Kier molecular flexibility index (Phi) is 3.13. The van der Waals surface area contributed by atoms with Gasteiger partial charge in [0.2, 0.25) is 0 Å². The lowest BCUT2D eigenvalue weighted by Gasteiger charge is -2.06. The molecule has 1 aliphatic rings. The monoisotopic (exact) mass is 261 g/mol. The maximum absolute atomic E-state index is 12.3. The lowest BCUT2D eigenvalue weighted by Crippen LogP contribution is -2.05. The van der Waals surface area contributed by atoms with Crippen molar-refractivity contribution in [3.05, 3.63) is 35.0 Å². The van der Waals surface area contributed by atoms with E-state index in [1.54, 1.807) is 0 Å². The van der Waals surface area contributed by atoms with Crippen molar-refractivity contribution in [2.75, 3.05) is 0 Å². The number of rotatable bonds is 3. The van der Waals surface area contributed by atoms with Crippen molar-refractivity contribution in [1.29, 1.82) is 0 Å². The predicted octanol–water partition coefficient (Wildman–Crippen LogP) is 4.58. The van der Waals surface area contributed by atoms with Gasteiger partial charge in [0.15, 0.2) is 5.78 Å². The largest absolute Gasteiger partial charge is 0.360 e. The Bertz CT molecular complexity index is 581. The second kappa shape index (κ2) is 4.77. The predicted molar refractivity (Wildman–Crippen MR) is 74.2 cm³/mol. The number of benzene rings is 1. The van der Waals surface area contributed by atoms with Crippen LogP contribution < -0.4 is 0 Å². The maximum Gasteiger partial charge on any atom is 0.165 e. The Morgan fingerprint density at radius 3 is 2.89 bits per heavy atom. The van der Waals surface area contributed by atoms with Gasteiger partial charge in [-0.25, -0.2) is 0 Å². The highest BCUT2D eigenvalue weighted by Gasteiger charge is 2.21. The Hall–Kier alpha value is -1.28. The number of aromatic nitrogens is 1. The van der Waals surface area contributed by atoms with Gasteiger partial charge >= 0.3 is 0 Å². The fraction of sp³-hybridized carbons (Fsp3) is 0.400. The molecule has 0 aliphatic heterocycles. The summed E-state index contributed by atoms with van der Waals surface area (Å²) in [5, 5.41) is 1.63. The molecule has 0 spiro atoms. The lowest BCUT2D eigenvalue weighted by molar-refractivity contribution is 0.0964. The number of carbonyl (C=O) groups excluding carboxylic acids is 1. The number of fused-ring (bicyclic) bond motifs is 1. The van der Waals surface area contributed by atoms with Gasteiger partial charge in [0, 0.05) is 34.1 Å². The van der Waals surface area contributed by atoms with Gasteiger partial charge in [-0.3, -0.25) is 4.79 Å². The van der Waals surface area contributed by atoms with Gasteiger partial charge in [0.05, 0.1) is 0 Å². The molecule has 2 aromatic rings. The molecule has 1 heterocycles. The average Bonchev–Trinajstić information content (AvgIpc) is 2.97. The first-order valence-corrected chi connectivity index (χ1v) is 6.91. The van der Waals surface area contributed by atoms with Crippen molar-refractivity contribution < 1.29 is 4.79 Å². The number of hydrogen-bond donors (Lipinski definition) is 1. The molecule has 0 amide bonds. The number of Topliss-reactive ketones (excluding diaryl/α,β-unsaturated/α-hetero) is 1. The van der Waals surface area contributed by atoms with Crippen LogP contribution in [0.5, 0.6) is 0 Å². The second-order valence-electron chi connectivity index (χ2n) is 5.17. The zero-order valence-electron chi connectivity index (χ0n) is 10.2. The van der Waals surface area contributed by atoms with E-state index in [1.807, 2.05) is 24.4 Å². The van der Waals surface area contributed by atoms with Crippen LogP contribution in [-0.2, 0) is 0 Å². The standard InChI is InChI=1S/C15H16ClNO/c16-11-5-6-14-12(8-11)13(9-17-14)15(18)7-10-3-1-2-4-10/h5-6,8-10,17H,1-4,7H2. The number of ketones is 1. The van der Waals surface area contributed by atoms with Crippen molar-refractivity contribution in [2.24, 2.45) is 5.92 Å². The molecule has 0 radical (unpaired) electrons. The van der Waals surface area contributed by atoms with Crippen LogP contribution in [0.1, 0.15) is 42.5 Å². The first-order chi connectivity index (χ1) is 8.74. The molecule has 3 rings (SSSR count). The third-order valence-electron chi connectivity index (χ3n) is 3.89. The summed E-state index contributed by atoms with van der Waals surface area (Å²) in [6.45, 7) is 0. The van der Waals surface area contributed by atoms with E-state index in [4.69, 9.17) is 11.6 Å². The van der Waals surface area contributed by atoms with E-state index >= 15 is 0 Å². The van der Waals surface area contributed by atoms with Crippen molar-refractivity contribution in [3.63, 3.8) is 0 Å². The van der Waals surface area contributed by atoms with E-state index in [2.05, 4.69) is 4.98 Å². The molecule has 1 N–H and O–H groups in total. The number of H-pyrrole nitrogens is 1. The Morgan fingerprint density at radius 2 is 2.11 bits per heavy atom. The zero-order chi connectivity index (χ0) is 12.5. The minimum atomic E-state index is 0.246. The fourth-order valence-corrected chi connectivity index (χ4v) is 3.08. The van der Waals surface area contributed by atoms with Crippen LogP contribution in [0.15, 0.2) is 24.4 Å².